The molecular formula is C18H18O5. The fourth-order valence-electron chi connectivity index (χ4n) is 3.00. The zero-order valence-electron chi connectivity index (χ0n) is 12.9. The summed E-state index contributed by atoms with van der Waals surface area (Å²) >= 11 is 0. The van der Waals surface area contributed by atoms with Crippen LogP contribution in [0.5, 0.6) is 0 Å². The second-order valence-electron chi connectivity index (χ2n) is 5.66. The standard InChI is InChI=1S/C18H18O5/c1-22-15-9-14-16(8-11(15)6-7-17(19)20)23-10-12-4-2-3-5-13(12)18(14)21/h2-5,8,15H,6-7,9-10H2,1H3,(H,19,20). The Hall–Kier alpha value is -2.40. The van der Waals surface area contributed by atoms with Crippen molar-refractivity contribution in [1.29, 1.82) is 0 Å². The fraction of sp³-hybridized carbons (Fsp3) is 0.333. The molecule has 1 heterocycles. The molecule has 1 aromatic rings. The van der Waals surface area contributed by atoms with Gasteiger partial charge in [-0.15, -0.1) is 0 Å². The molecule has 120 valence electrons. The van der Waals surface area contributed by atoms with Gasteiger partial charge in [0, 0.05) is 36.7 Å². The number of ketones is 1. The summed E-state index contributed by atoms with van der Waals surface area (Å²) < 4.78 is 11.3. The Morgan fingerprint density at radius 2 is 2.17 bits per heavy atom. The van der Waals surface area contributed by atoms with Gasteiger partial charge in [-0.1, -0.05) is 24.3 Å². The maximum absolute atomic E-state index is 12.8. The number of rotatable bonds is 4. The molecular weight excluding hydrogens is 296 g/mol. The highest BCUT2D eigenvalue weighted by molar-refractivity contribution is 6.10. The van der Waals surface area contributed by atoms with Gasteiger partial charge in [0.2, 0.25) is 0 Å². The van der Waals surface area contributed by atoms with Gasteiger partial charge in [-0.25, -0.2) is 0 Å². The maximum atomic E-state index is 12.8. The number of benzene rings is 1. The van der Waals surface area contributed by atoms with Crippen molar-refractivity contribution in [2.75, 3.05) is 7.11 Å². The summed E-state index contributed by atoms with van der Waals surface area (Å²) in [6.07, 6.45) is 2.31. The normalized spacial score (nSPS) is 20.1. The van der Waals surface area contributed by atoms with Crippen LogP contribution < -0.4 is 0 Å². The topological polar surface area (TPSA) is 72.8 Å². The molecule has 0 aromatic heterocycles. The van der Waals surface area contributed by atoms with E-state index in [-0.39, 0.29) is 18.3 Å². The van der Waals surface area contributed by atoms with Crippen LogP contribution in [-0.4, -0.2) is 30.1 Å². The number of carbonyl (C=O) groups excluding carboxylic acids is 1. The van der Waals surface area contributed by atoms with Gasteiger partial charge in [-0.2, -0.15) is 0 Å². The lowest BCUT2D eigenvalue weighted by Crippen LogP contribution is -2.23. The minimum atomic E-state index is -0.856. The first-order chi connectivity index (χ1) is 11.1. The first-order valence-corrected chi connectivity index (χ1v) is 7.53. The van der Waals surface area contributed by atoms with Gasteiger partial charge >= 0.3 is 5.97 Å². The van der Waals surface area contributed by atoms with Gasteiger partial charge in [0.1, 0.15) is 12.4 Å². The first-order valence-electron chi connectivity index (χ1n) is 7.53. The van der Waals surface area contributed by atoms with Crippen molar-refractivity contribution in [3.8, 4) is 0 Å². The van der Waals surface area contributed by atoms with Gasteiger partial charge < -0.3 is 14.6 Å². The summed E-state index contributed by atoms with van der Waals surface area (Å²) in [4.78, 5) is 23.6. The molecule has 1 atom stereocenters. The molecule has 2 aliphatic rings. The molecule has 0 bridgehead atoms. The van der Waals surface area contributed by atoms with Crippen LogP contribution in [0.25, 0.3) is 0 Å². The zero-order chi connectivity index (χ0) is 16.4. The average molecular weight is 314 g/mol. The van der Waals surface area contributed by atoms with Crippen molar-refractivity contribution in [3.63, 3.8) is 0 Å². The van der Waals surface area contributed by atoms with E-state index in [1.54, 1.807) is 13.2 Å². The van der Waals surface area contributed by atoms with E-state index >= 15 is 0 Å². The number of carboxylic acid groups (broad SMARTS) is 1. The van der Waals surface area contributed by atoms with E-state index in [0.717, 1.165) is 11.1 Å². The molecule has 0 spiro atoms. The van der Waals surface area contributed by atoms with Gasteiger partial charge in [0.15, 0.2) is 5.78 Å². The molecule has 3 rings (SSSR count). The number of ether oxygens (including phenoxy) is 2. The van der Waals surface area contributed by atoms with Gasteiger partial charge in [-0.3, -0.25) is 9.59 Å². The Morgan fingerprint density at radius 3 is 2.91 bits per heavy atom. The summed E-state index contributed by atoms with van der Waals surface area (Å²) in [5.41, 5.74) is 2.98. The first kappa shape index (κ1) is 15.5. The third-order valence-electron chi connectivity index (χ3n) is 4.25. The lowest BCUT2D eigenvalue weighted by Gasteiger charge is -2.25. The van der Waals surface area contributed by atoms with Gasteiger partial charge in [-0.05, 0) is 18.1 Å². The highest BCUT2D eigenvalue weighted by Crippen LogP contribution is 2.34. The number of allylic oxidation sites excluding steroid dienone is 1. The summed E-state index contributed by atoms with van der Waals surface area (Å²) in [6, 6.07) is 7.41. The molecule has 0 saturated carbocycles. The molecule has 0 fully saturated rings. The largest absolute Gasteiger partial charge is 0.488 e. The molecule has 5 heteroatoms. The number of carbonyl (C=O) groups is 2. The van der Waals surface area contributed by atoms with E-state index < -0.39 is 5.97 Å². The zero-order valence-corrected chi connectivity index (χ0v) is 12.9. The number of Topliss-reactive ketones (excluding diaryl/α,β-unsaturated/α-hetero) is 1. The SMILES string of the molecule is COC1CC2=C(C=C1CCC(=O)O)OCc1ccccc1C2=O. The predicted octanol–water partition coefficient (Wildman–Crippen LogP) is 2.86. The summed E-state index contributed by atoms with van der Waals surface area (Å²) in [7, 11) is 1.57. The second kappa shape index (κ2) is 6.38. The summed E-state index contributed by atoms with van der Waals surface area (Å²) in [6.45, 7) is 0.334. The number of aliphatic carboxylic acids is 1. The Labute approximate surface area is 134 Å². The van der Waals surface area contributed by atoms with E-state index in [4.69, 9.17) is 14.6 Å². The van der Waals surface area contributed by atoms with Crippen LogP contribution in [0.4, 0.5) is 0 Å². The van der Waals surface area contributed by atoms with Crippen LogP contribution in [0.3, 0.4) is 0 Å². The lowest BCUT2D eigenvalue weighted by atomic mass is 9.87. The van der Waals surface area contributed by atoms with Crippen molar-refractivity contribution in [2.24, 2.45) is 0 Å². The van der Waals surface area contributed by atoms with Crippen molar-refractivity contribution >= 4 is 11.8 Å². The number of methoxy groups -OCH3 is 1. The van der Waals surface area contributed by atoms with Gasteiger partial charge in [0.25, 0.3) is 0 Å². The number of hydrogen-bond donors (Lipinski definition) is 1. The third-order valence-corrected chi connectivity index (χ3v) is 4.25. The predicted molar refractivity (Wildman–Crippen MR) is 83.0 cm³/mol. The van der Waals surface area contributed by atoms with Crippen LogP contribution in [0.1, 0.15) is 35.2 Å². The van der Waals surface area contributed by atoms with Crippen molar-refractivity contribution < 1.29 is 24.2 Å². The maximum Gasteiger partial charge on any atom is 0.303 e. The Kier molecular flexibility index (Phi) is 4.30. The minimum absolute atomic E-state index is 0.0302. The Bertz CT molecular complexity index is 714. The molecule has 0 radical (unpaired) electrons. The van der Waals surface area contributed by atoms with Gasteiger partial charge in [0.05, 0.1) is 6.10 Å². The fourth-order valence-corrected chi connectivity index (χ4v) is 3.00. The smallest absolute Gasteiger partial charge is 0.303 e. The quantitative estimate of drug-likeness (QED) is 0.925. The van der Waals surface area contributed by atoms with E-state index in [0.29, 0.717) is 36.3 Å². The monoisotopic (exact) mass is 314 g/mol. The van der Waals surface area contributed by atoms with Crippen LogP contribution in [-0.2, 0) is 20.9 Å². The molecule has 0 amide bonds. The Morgan fingerprint density at radius 1 is 1.39 bits per heavy atom. The average Bonchev–Trinajstić information content (AvgIpc) is 2.69. The molecule has 1 N–H and O–H groups in total. The number of hydrogen-bond acceptors (Lipinski definition) is 4. The molecule has 1 unspecified atom stereocenters. The molecule has 5 nitrogen and oxygen atoms in total. The van der Waals surface area contributed by atoms with Crippen molar-refractivity contribution in [3.05, 3.63) is 58.4 Å². The van der Waals surface area contributed by atoms with E-state index in [2.05, 4.69) is 0 Å². The lowest BCUT2D eigenvalue weighted by molar-refractivity contribution is -0.137. The number of carboxylic acids is 1. The third kappa shape index (κ3) is 3.05. The van der Waals surface area contributed by atoms with Crippen LogP contribution in [0.2, 0.25) is 0 Å². The molecule has 23 heavy (non-hydrogen) atoms. The Balaban J connectivity index is 1.95. The minimum Gasteiger partial charge on any atom is -0.488 e. The highest BCUT2D eigenvalue weighted by atomic mass is 16.5. The molecule has 1 aliphatic carbocycles. The van der Waals surface area contributed by atoms with E-state index in [1.165, 1.54) is 0 Å². The van der Waals surface area contributed by atoms with Crippen molar-refractivity contribution in [1.82, 2.24) is 0 Å². The second-order valence-corrected chi connectivity index (χ2v) is 5.66. The summed E-state index contributed by atoms with van der Waals surface area (Å²) in [5.74, 6) is -0.352. The molecule has 0 saturated heterocycles. The van der Waals surface area contributed by atoms with Crippen LogP contribution in [0, 0.1) is 0 Å². The highest BCUT2D eigenvalue weighted by Gasteiger charge is 2.31. The van der Waals surface area contributed by atoms with Crippen molar-refractivity contribution in [2.45, 2.75) is 32.0 Å². The van der Waals surface area contributed by atoms with Crippen LogP contribution >= 0.6 is 0 Å². The summed E-state index contributed by atoms with van der Waals surface area (Å²) in [5, 5.41) is 8.88. The molecule has 1 aromatic carbocycles. The molecule has 1 aliphatic heterocycles. The van der Waals surface area contributed by atoms with Crippen LogP contribution in [0.15, 0.2) is 47.2 Å². The van der Waals surface area contributed by atoms with E-state index in [9.17, 15) is 9.59 Å². The number of fused-ring (bicyclic) bond motifs is 1. The van der Waals surface area contributed by atoms with E-state index in [1.807, 2.05) is 24.3 Å².